The van der Waals surface area contributed by atoms with Crippen molar-refractivity contribution < 1.29 is 27.9 Å². The number of hydrogen-bond acceptors (Lipinski definition) is 7. The summed E-state index contributed by atoms with van der Waals surface area (Å²) >= 11 is 0. The molecule has 0 radical (unpaired) electrons. The number of hydrogen-bond donors (Lipinski definition) is 4. The van der Waals surface area contributed by atoms with Crippen LogP contribution in [0, 0.1) is 11.8 Å². The van der Waals surface area contributed by atoms with E-state index in [1.54, 1.807) is 54.6 Å². The summed E-state index contributed by atoms with van der Waals surface area (Å²) in [6, 6.07) is 22.4. The highest BCUT2D eigenvalue weighted by atomic mass is 32.2. The number of amides is 3. The maximum atomic E-state index is 13.7. The molecular weight excluding hydrogens is 618 g/mol. The molecule has 1 unspecified atom stereocenters. The normalized spacial score (nSPS) is 12.8. The number of fused-ring (bicyclic) bond motifs is 1. The van der Waals surface area contributed by atoms with Crippen LogP contribution < -0.4 is 20.7 Å². The number of aromatic hydroxyl groups is 1. The highest BCUT2D eigenvalue weighted by molar-refractivity contribution is 7.92. The zero-order chi connectivity index (χ0) is 34.1. The highest BCUT2D eigenvalue weighted by Gasteiger charge is 2.28. The van der Waals surface area contributed by atoms with Gasteiger partial charge in [-0.3, -0.25) is 18.7 Å². The van der Waals surface area contributed by atoms with Gasteiger partial charge in [-0.1, -0.05) is 75.4 Å². The average molecular weight is 660 g/mol. The number of anilines is 1. The van der Waals surface area contributed by atoms with Gasteiger partial charge in [0, 0.05) is 18.5 Å². The van der Waals surface area contributed by atoms with Crippen LogP contribution in [0.15, 0.2) is 89.8 Å². The van der Waals surface area contributed by atoms with Crippen molar-refractivity contribution in [3.63, 3.8) is 0 Å². The summed E-state index contributed by atoms with van der Waals surface area (Å²) in [6.07, 6.45) is 0.472. The Morgan fingerprint density at radius 1 is 0.915 bits per heavy atom. The van der Waals surface area contributed by atoms with Crippen molar-refractivity contribution in [1.82, 2.24) is 15.6 Å². The molecule has 4 rings (SSSR count). The van der Waals surface area contributed by atoms with E-state index >= 15 is 0 Å². The number of phenols is 1. The lowest BCUT2D eigenvalue weighted by molar-refractivity contribution is -0.127. The van der Waals surface area contributed by atoms with E-state index < -0.39 is 40.2 Å². The smallest absolute Gasteiger partial charge is 0.270 e. The second-order valence-electron chi connectivity index (χ2n) is 12.0. The molecule has 0 aliphatic carbocycles. The van der Waals surface area contributed by atoms with Crippen LogP contribution in [0.3, 0.4) is 0 Å². The third-order valence-corrected chi connectivity index (χ3v) is 9.49. The molecule has 0 saturated heterocycles. The van der Waals surface area contributed by atoms with E-state index in [0.29, 0.717) is 23.9 Å². The maximum Gasteiger partial charge on any atom is 0.270 e. The Morgan fingerprint density at radius 2 is 1.62 bits per heavy atom. The molecule has 4 aromatic rings. The lowest BCUT2D eigenvalue weighted by Crippen LogP contribution is -2.49. The van der Waals surface area contributed by atoms with Crippen molar-refractivity contribution >= 4 is 44.3 Å². The summed E-state index contributed by atoms with van der Waals surface area (Å²) in [5, 5.41) is 17.5. The van der Waals surface area contributed by atoms with Crippen molar-refractivity contribution in [2.45, 2.75) is 51.0 Å². The summed E-state index contributed by atoms with van der Waals surface area (Å²) in [7, 11) is -3.96. The first-order valence-corrected chi connectivity index (χ1v) is 16.9. The van der Waals surface area contributed by atoms with Crippen molar-refractivity contribution in [3.05, 3.63) is 96.2 Å². The van der Waals surface area contributed by atoms with Gasteiger partial charge in [-0.25, -0.2) is 13.4 Å². The molecule has 0 fully saturated rings. The van der Waals surface area contributed by atoms with E-state index in [4.69, 9.17) is 5.73 Å². The van der Waals surface area contributed by atoms with Gasteiger partial charge in [-0.2, -0.15) is 0 Å². The third kappa shape index (κ3) is 9.07. The fourth-order valence-corrected chi connectivity index (χ4v) is 6.60. The number of nitrogens with zero attached hydrogens (tertiary/aromatic N) is 2. The Balaban J connectivity index is 1.45. The van der Waals surface area contributed by atoms with Crippen LogP contribution in [0.4, 0.5) is 5.69 Å². The van der Waals surface area contributed by atoms with Crippen LogP contribution in [0.25, 0.3) is 10.9 Å². The molecule has 5 N–H and O–H groups in total. The van der Waals surface area contributed by atoms with E-state index in [0.717, 1.165) is 5.39 Å². The van der Waals surface area contributed by atoms with Gasteiger partial charge in [0.2, 0.25) is 11.8 Å². The second-order valence-corrected chi connectivity index (χ2v) is 13.9. The summed E-state index contributed by atoms with van der Waals surface area (Å²) in [4.78, 5) is 42.3. The maximum absolute atomic E-state index is 13.7. The first-order valence-electron chi connectivity index (χ1n) is 15.5. The number of phenolic OH excluding ortho intramolecular Hbond substituents is 1. The molecule has 0 aliphatic heterocycles. The molecule has 12 heteroatoms. The van der Waals surface area contributed by atoms with Crippen molar-refractivity contribution in [3.8, 4) is 5.75 Å². The fourth-order valence-electron chi connectivity index (χ4n) is 5.09. The van der Waals surface area contributed by atoms with E-state index in [1.807, 2.05) is 32.9 Å². The zero-order valence-electron chi connectivity index (χ0n) is 26.7. The Labute approximate surface area is 275 Å². The van der Waals surface area contributed by atoms with Crippen LogP contribution >= 0.6 is 0 Å². The highest BCUT2D eigenvalue weighted by Crippen LogP contribution is 2.36. The number of primary amides is 1. The van der Waals surface area contributed by atoms with Crippen molar-refractivity contribution in [1.29, 1.82) is 0 Å². The first kappa shape index (κ1) is 34.9. The molecule has 3 amide bonds. The van der Waals surface area contributed by atoms with Gasteiger partial charge in [0.1, 0.15) is 17.5 Å². The van der Waals surface area contributed by atoms with Crippen LogP contribution in [0.2, 0.25) is 0 Å². The molecule has 1 heterocycles. The molecule has 0 aliphatic rings. The predicted octanol–water partition coefficient (Wildman–Crippen LogP) is 4.15. The minimum Gasteiger partial charge on any atom is -0.505 e. The molecular formula is C35H41N5O6S. The standard InChI is InChI=1S/C35H41N5O6S/c1-23(2)18-19-40(47(45,46)27-12-5-4-6-13-27)31-15-9-11-26(33(31)42)20-24(3)22-37-34(43)30(21-32(36)41)39-35(44)29-17-16-25-10-7-8-14-28(25)38-29/h4-17,23-24,30,42H,18-22H2,1-3H3,(H2,36,41)(H,37,43)(H,39,44)/t24?,30-/m1/s1. The van der Waals surface area contributed by atoms with E-state index in [9.17, 15) is 27.9 Å². The fraction of sp³-hybridized carbons (Fsp3) is 0.314. The molecule has 1 aromatic heterocycles. The third-order valence-electron chi connectivity index (χ3n) is 7.66. The summed E-state index contributed by atoms with van der Waals surface area (Å²) in [5.41, 5.74) is 6.76. The molecule has 0 saturated carbocycles. The van der Waals surface area contributed by atoms with Gasteiger partial charge in [-0.05, 0) is 60.6 Å². The Bertz CT molecular complexity index is 1830. The average Bonchev–Trinajstić information content (AvgIpc) is 3.04. The summed E-state index contributed by atoms with van der Waals surface area (Å²) < 4.78 is 28.6. The number of carbonyl (C=O) groups excluding carboxylic acids is 3. The Kier molecular flexibility index (Phi) is 11.5. The van der Waals surface area contributed by atoms with Gasteiger partial charge < -0.3 is 21.5 Å². The molecule has 2 atom stereocenters. The number of para-hydroxylation sites is 2. The van der Waals surface area contributed by atoms with Crippen LogP contribution in [0.5, 0.6) is 5.75 Å². The van der Waals surface area contributed by atoms with Gasteiger partial charge in [0.05, 0.1) is 22.5 Å². The zero-order valence-corrected chi connectivity index (χ0v) is 27.5. The van der Waals surface area contributed by atoms with Gasteiger partial charge in [0.15, 0.2) is 0 Å². The molecule has 0 spiro atoms. The number of carbonyl (C=O) groups is 3. The summed E-state index contributed by atoms with van der Waals surface area (Å²) in [6.45, 7) is 6.17. The van der Waals surface area contributed by atoms with Crippen LogP contribution in [0.1, 0.15) is 49.7 Å². The monoisotopic (exact) mass is 659 g/mol. The molecule has 47 heavy (non-hydrogen) atoms. The summed E-state index contributed by atoms with van der Waals surface area (Å²) in [5.74, 6) is -2.14. The second kappa shape index (κ2) is 15.5. The first-order chi connectivity index (χ1) is 22.4. The number of benzene rings is 3. The molecule has 11 nitrogen and oxygen atoms in total. The van der Waals surface area contributed by atoms with E-state index in [1.165, 1.54) is 22.5 Å². The van der Waals surface area contributed by atoms with Gasteiger partial charge >= 0.3 is 0 Å². The van der Waals surface area contributed by atoms with Crippen LogP contribution in [-0.4, -0.2) is 55.4 Å². The molecule has 0 bridgehead atoms. The topological polar surface area (TPSA) is 172 Å². The lowest BCUT2D eigenvalue weighted by atomic mass is 9.99. The molecule has 3 aromatic carbocycles. The minimum atomic E-state index is -3.96. The van der Waals surface area contributed by atoms with Crippen molar-refractivity contribution in [2.75, 3.05) is 17.4 Å². The van der Waals surface area contributed by atoms with E-state index in [2.05, 4.69) is 15.6 Å². The number of nitrogens with two attached hydrogens (primary N) is 1. The quantitative estimate of drug-likeness (QED) is 0.148. The number of aromatic nitrogens is 1. The molecule has 248 valence electrons. The predicted molar refractivity (Wildman–Crippen MR) is 181 cm³/mol. The number of nitrogens with one attached hydrogen (secondary N) is 2. The van der Waals surface area contributed by atoms with Crippen molar-refractivity contribution in [2.24, 2.45) is 17.6 Å². The SMILES string of the molecule is CC(C)CCN(c1cccc(CC(C)CNC(=O)[C@@H](CC(N)=O)NC(=O)c2ccc3ccccc3n2)c1O)S(=O)(=O)c1ccccc1. The van der Waals surface area contributed by atoms with Crippen LogP contribution in [-0.2, 0) is 26.0 Å². The Hall–Kier alpha value is -4.97. The Morgan fingerprint density at radius 3 is 2.32 bits per heavy atom. The van der Waals surface area contributed by atoms with Gasteiger partial charge in [0.25, 0.3) is 15.9 Å². The van der Waals surface area contributed by atoms with E-state index in [-0.39, 0.29) is 47.0 Å². The number of pyridine rings is 1. The number of sulfonamides is 1. The van der Waals surface area contributed by atoms with Gasteiger partial charge in [-0.15, -0.1) is 0 Å². The largest absolute Gasteiger partial charge is 0.505 e. The number of rotatable bonds is 15. The minimum absolute atomic E-state index is 0.0893. The lowest BCUT2D eigenvalue weighted by Gasteiger charge is -2.27.